The van der Waals surface area contributed by atoms with Gasteiger partial charge < -0.3 is 15.6 Å². The number of aromatic amines is 1. The van der Waals surface area contributed by atoms with Crippen molar-refractivity contribution < 1.29 is 0 Å². The molecule has 0 radical (unpaired) electrons. The third-order valence-corrected chi connectivity index (χ3v) is 3.13. The summed E-state index contributed by atoms with van der Waals surface area (Å²) in [4.78, 5) is 5.42. The molecule has 2 rings (SSSR count). The minimum absolute atomic E-state index is 0.141. The molecule has 17 heavy (non-hydrogen) atoms. The number of nitrogens with two attached hydrogens (primary N) is 1. The second kappa shape index (κ2) is 5.34. The summed E-state index contributed by atoms with van der Waals surface area (Å²) in [5, 5.41) is 1.24. The normalized spacial score (nSPS) is 13.4. The molecule has 0 aliphatic heterocycles. The molecular formula is C14H21N3. The van der Waals surface area contributed by atoms with E-state index >= 15 is 0 Å². The van der Waals surface area contributed by atoms with E-state index in [1.54, 1.807) is 0 Å². The number of fused-ring (bicyclic) bond motifs is 1. The number of rotatable bonds is 5. The third-order valence-electron chi connectivity index (χ3n) is 3.13. The minimum Gasteiger partial charge on any atom is -0.361 e. The van der Waals surface area contributed by atoms with Gasteiger partial charge in [-0.3, -0.25) is 0 Å². The maximum Gasteiger partial charge on any atom is 0.0457 e. The topological polar surface area (TPSA) is 45.0 Å². The number of aromatic nitrogens is 1. The van der Waals surface area contributed by atoms with Crippen LogP contribution in [0.25, 0.3) is 10.9 Å². The van der Waals surface area contributed by atoms with E-state index in [2.05, 4.69) is 48.2 Å². The molecule has 0 spiro atoms. The Morgan fingerprint density at radius 2 is 2.12 bits per heavy atom. The quantitative estimate of drug-likeness (QED) is 0.830. The lowest BCUT2D eigenvalue weighted by atomic mass is 10.0. The highest BCUT2D eigenvalue weighted by molar-refractivity contribution is 5.79. The Kier molecular flexibility index (Phi) is 3.82. The van der Waals surface area contributed by atoms with E-state index in [-0.39, 0.29) is 6.04 Å². The van der Waals surface area contributed by atoms with Crippen molar-refractivity contribution >= 4 is 10.9 Å². The molecule has 0 aliphatic rings. The molecule has 3 nitrogen and oxygen atoms in total. The molecule has 2 aromatic rings. The van der Waals surface area contributed by atoms with Crippen LogP contribution in [0.1, 0.15) is 24.4 Å². The standard InChI is InChI=1S/C14H21N3/c1-17(2)9-3-4-13(15)12-6-5-11-7-8-16-14(11)10-12/h5-8,10,13,16H,3-4,9,15H2,1-2H3. The van der Waals surface area contributed by atoms with Crippen LogP contribution in [0, 0.1) is 0 Å². The molecule has 0 bridgehead atoms. The Balaban J connectivity index is 2.00. The first-order valence-electron chi connectivity index (χ1n) is 6.14. The van der Waals surface area contributed by atoms with Crippen LogP contribution in [0.4, 0.5) is 0 Å². The number of H-pyrrole nitrogens is 1. The average molecular weight is 231 g/mol. The minimum atomic E-state index is 0.141. The summed E-state index contributed by atoms with van der Waals surface area (Å²) in [5.41, 5.74) is 8.60. The van der Waals surface area contributed by atoms with Crippen molar-refractivity contribution in [2.75, 3.05) is 20.6 Å². The van der Waals surface area contributed by atoms with Crippen molar-refractivity contribution in [3.05, 3.63) is 36.0 Å². The van der Waals surface area contributed by atoms with E-state index in [4.69, 9.17) is 5.73 Å². The van der Waals surface area contributed by atoms with Gasteiger partial charge in [-0.2, -0.15) is 0 Å². The second-order valence-corrected chi connectivity index (χ2v) is 4.88. The summed E-state index contributed by atoms with van der Waals surface area (Å²) in [7, 11) is 4.19. The maximum absolute atomic E-state index is 6.21. The molecule has 1 atom stereocenters. The van der Waals surface area contributed by atoms with Crippen molar-refractivity contribution in [2.24, 2.45) is 5.73 Å². The van der Waals surface area contributed by atoms with Crippen LogP contribution in [0.3, 0.4) is 0 Å². The molecular weight excluding hydrogens is 210 g/mol. The molecule has 1 heterocycles. The zero-order valence-electron chi connectivity index (χ0n) is 10.6. The Morgan fingerprint density at radius 1 is 1.29 bits per heavy atom. The number of benzene rings is 1. The first-order chi connectivity index (χ1) is 8.16. The monoisotopic (exact) mass is 231 g/mol. The third kappa shape index (κ3) is 3.08. The first-order valence-corrected chi connectivity index (χ1v) is 6.14. The van der Waals surface area contributed by atoms with Gasteiger partial charge in [0.1, 0.15) is 0 Å². The zero-order valence-corrected chi connectivity index (χ0v) is 10.6. The number of hydrogen-bond donors (Lipinski definition) is 2. The molecule has 1 unspecified atom stereocenters. The van der Waals surface area contributed by atoms with E-state index in [1.807, 2.05) is 6.20 Å². The fourth-order valence-electron chi connectivity index (χ4n) is 2.09. The highest BCUT2D eigenvalue weighted by Gasteiger charge is 2.07. The van der Waals surface area contributed by atoms with Gasteiger partial charge in [-0.1, -0.05) is 12.1 Å². The summed E-state index contributed by atoms with van der Waals surface area (Å²) >= 11 is 0. The zero-order chi connectivity index (χ0) is 12.3. The largest absolute Gasteiger partial charge is 0.361 e. The van der Waals surface area contributed by atoms with Crippen molar-refractivity contribution in [1.29, 1.82) is 0 Å². The van der Waals surface area contributed by atoms with Gasteiger partial charge in [-0.25, -0.2) is 0 Å². The van der Waals surface area contributed by atoms with E-state index in [0.717, 1.165) is 19.4 Å². The van der Waals surface area contributed by atoms with Crippen LogP contribution in [0.5, 0.6) is 0 Å². The first kappa shape index (κ1) is 12.1. The van der Waals surface area contributed by atoms with Gasteiger partial charge >= 0.3 is 0 Å². The highest BCUT2D eigenvalue weighted by Crippen LogP contribution is 2.20. The lowest BCUT2D eigenvalue weighted by Crippen LogP contribution is -2.16. The predicted molar refractivity (Wildman–Crippen MR) is 73.0 cm³/mol. The molecule has 1 aromatic heterocycles. The molecule has 0 saturated carbocycles. The molecule has 3 heteroatoms. The van der Waals surface area contributed by atoms with E-state index in [0.29, 0.717) is 0 Å². The van der Waals surface area contributed by atoms with Crippen molar-refractivity contribution in [2.45, 2.75) is 18.9 Å². The Labute approximate surface area is 103 Å². The fourth-order valence-corrected chi connectivity index (χ4v) is 2.09. The van der Waals surface area contributed by atoms with Crippen LogP contribution >= 0.6 is 0 Å². The highest BCUT2D eigenvalue weighted by atomic mass is 15.0. The van der Waals surface area contributed by atoms with Gasteiger partial charge in [0.2, 0.25) is 0 Å². The summed E-state index contributed by atoms with van der Waals surface area (Å²) in [6.07, 6.45) is 4.13. The van der Waals surface area contributed by atoms with Gasteiger partial charge in [0.25, 0.3) is 0 Å². The molecule has 92 valence electrons. The van der Waals surface area contributed by atoms with E-state index < -0.39 is 0 Å². The molecule has 0 fully saturated rings. The van der Waals surface area contributed by atoms with Crippen LogP contribution < -0.4 is 5.73 Å². The molecule has 0 aliphatic carbocycles. The molecule has 0 amide bonds. The van der Waals surface area contributed by atoms with Crippen LogP contribution in [-0.4, -0.2) is 30.5 Å². The van der Waals surface area contributed by atoms with Crippen molar-refractivity contribution in [3.8, 4) is 0 Å². The van der Waals surface area contributed by atoms with Crippen LogP contribution in [0.15, 0.2) is 30.5 Å². The summed E-state index contributed by atoms with van der Waals surface area (Å²) in [6, 6.07) is 8.65. The van der Waals surface area contributed by atoms with Gasteiger partial charge in [0, 0.05) is 17.8 Å². The van der Waals surface area contributed by atoms with Crippen LogP contribution in [0.2, 0.25) is 0 Å². The smallest absolute Gasteiger partial charge is 0.0457 e. The van der Waals surface area contributed by atoms with Crippen molar-refractivity contribution in [3.63, 3.8) is 0 Å². The Morgan fingerprint density at radius 3 is 2.88 bits per heavy atom. The van der Waals surface area contributed by atoms with E-state index in [9.17, 15) is 0 Å². The Bertz CT molecular complexity index is 473. The summed E-state index contributed by atoms with van der Waals surface area (Å²) in [5.74, 6) is 0. The lowest BCUT2D eigenvalue weighted by Gasteiger charge is -2.14. The van der Waals surface area contributed by atoms with Gasteiger partial charge in [-0.15, -0.1) is 0 Å². The fraction of sp³-hybridized carbons (Fsp3) is 0.429. The molecule has 1 aromatic carbocycles. The van der Waals surface area contributed by atoms with Gasteiger partial charge in [-0.05, 0) is 56.6 Å². The number of nitrogens with one attached hydrogen (secondary N) is 1. The van der Waals surface area contributed by atoms with Gasteiger partial charge in [0.15, 0.2) is 0 Å². The maximum atomic E-state index is 6.21. The molecule has 3 N–H and O–H groups in total. The Hall–Kier alpha value is -1.32. The predicted octanol–water partition coefficient (Wildman–Crippen LogP) is 2.51. The second-order valence-electron chi connectivity index (χ2n) is 4.88. The van der Waals surface area contributed by atoms with E-state index in [1.165, 1.54) is 16.5 Å². The number of nitrogens with zero attached hydrogens (tertiary/aromatic N) is 1. The summed E-state index contributed by atoms with van der Waals surface area (Å²) < 4.78 is 0. The SMILES string of the molecule is CN(C)CCCC(N)c1ccc2cc[nH]c2c1. The van der Waals surface area contributed by atoms with Gasteiger partial charge in [0.05, 0.1) is 0 Å². The molecule has 0 saturated heterocycles. The average Bonchev–Trinajstić information content (AvgIpc) is 2.75. The van der Waals surface area contributed by atoms with Crippen LogP contribution in [-0.2, 0) is 0 Å². The number of hydrogen-bond acceptors (Lipinski definition) is 2. The van der Waals surface area contributed by atoms with Crippen molar-refractivity contribution in [1.82, 2.24) is 9.88 Å². The lowest BCUT2D eigenvalue weighted by molar-refractivity contribution is 0.386. The summed E-state index contributed by atoms with van der Waals surface area (Å²) in [6.45, 7) is 1.10.